The van der Waals surface area contributed by atoms with Gasteiger partial charge < -0.3 is 13.9 Å². The Bertz CT molecular complexity index is 460. The maximum atomic E-state index is 12.6. The van der Waals surface area contributed by atoms with E-state index in [4.69, 9.17) is 4.52 Å². The summed E-state index contributed by atoms with van der Waals surface area (Å²) < 4.78 is 18.5. The van der Waals surface area contributed by atoms with E-state index in [1.54, 1.807) is 0 Å². The topological polar surface area (TPSA) is 46.5 Å². The molecule has 0 aromatic rings. The summed E-state index contributed by atoms with van der Waals surface area (Å²) in [6, 6.07) is 0. The van der Waals surface area contributed by atoms with Crippen LogP contribution in [0.15, 0.2) is 12.2 Å². The first-order chi connectivity index (χ1) is 14.3. The van der Waals surface area contributed by atoms with Gasteiger partial charge in [-0.25, -0.2) is 0 Å². The Labute approximate surface area is 188 Å². The normalized spacial score (nSPS) is 15.5. The second kappa shape index (κ2) is 18.4. The molecule has 0 saturated carbocycles. The number of hydrogen-bond donors (Lipinski definition) is 1. The third-order valence-corrected chi connectivity index (χ3v) is 8.01. The van der Waals surface area contributed by atoms with Gasteiger partial charge in [0.05, 0.1) is 27.7 Å². The van der Waals surface area contributed by atoms with Crippen molar-refractivity contribution in [1.29, 1.82) is 0 Å². The van der Waals surface area contributed by atoms with Gasteiger partial charge in [0.2, 0.25) is 0 Å². The summed E-state index contributed by atoms with van der Waals surface area (Å²) in [6.45, 7) is 4.70. The van der Waals surface area contributed by atoms with Gasteiger partial charge >= 0.3 is 7.60 Å². The molecule has 0 rings (SSSR count). The highest BCUT2D eigenvalue weighted by Gasteiger charge is 2.41. The molecule has 0 aliphatic carbocycles. The van der Waals surface area contributed by atoms with E-state index in [1.807, 2.05) is 28.1 Å². The quantitative estimate of drug-likeness (QED) is 0.0839. The number of rotatable bonds is 21. The maximum absolute atomic E-state index is 12.6. The van der Waals surface area contributed by atoms with Crippen LogP contribution in [0.4, 0.5) is 0 Å². The van der Waals surface area contributed by atoms with Gasteiger partial charge in [-0.15, -0.1) is 0 Å². The van der Waals surface area contributed by atoms with Gasteiger partial charge in [-0.2, -0.15) is 0 Å². The van der Waals surface area contributed by atoms with Gasteiger partial charge in [0, 0.05) is 6.42 Å². The molecule has 0 aliphatic heterocycles. The van der Waals surface area contributed by atoms with Gasteiger partial charge in [0.1, 0.15) is 0 Å². The summed E-state index contributed by atoms with van der Waals surface area (Å²) in [5.41, 5.74) is 0. The molecule has 5 heteroatoms. The summed E-state index contributed by atoms with van der Waals surface area (Å²) in [6.07, 6.45) is 24.0. The third-order valence-electron chi connectivity index (χ3n) is 5.75. The van der Waals surface area contributed by atoms with Gasteiger partial charge in [0.25, 0.3) is 0 Å². The fraction of sp³-hybridized carbons (Fsp3) is 0.920. The van der Waals surface area contributed by atoms with Crippen molar-refractivity contribution in [1.82, 2.24) is 0 Å². The third kappa shape index (κ3) is 16.5. The van der Waals surface area contributed by atoms with Crippen LogP contribution in [0.2, 0.25) is 0 Å². The van der Waals surface area contributed by atoms with Crippen LogP contribution in [0.1, 0.15) is 117 Å². The van der Waals surface area contributed by atoms with Crippen LogP contribution in [-0.4, -0.2) is 42.9 Å². The van der Waals surface area contributed by atoms with Crippen molar-refractivity contribution in [3.05, 3.63) is 12.2 Å². The Kier molecular flexibility index (Phi) is 18.3. The highest BCUT2D eigenvalue weighted by molar-refractivity contribution is 7.53. The van der Waals surface area contributed by atoms with Crippen LogP contribution in [0.5, 0.6) is 0 Å². The number of hydrogen-bond acceptors (Lipinski definition) is 2. The Morgan fingerprint density at radius 3 is 1.70 bits per heavy atom. The molecular weight excluding hydrogens is 393 g/mol. The van der Waals surface area contributed by atoms with E-state index in [-0.39, 0.29) is 5.78 Å². The fourth-order valence-electron chi connectivity index (χ4n) is 3.88. The monoisotopic (exact) mass is 446 g/mol. The Morgan fingerprint density at radius 2 is 1.23 bits per heavy atom. The van der Waals surface area contributed by atoms with Crippen LogP contribution < -0.4 is 0 Å². The molecule has 2 atom stereocenters. The Morgan fingerprint density at radius 1 is 0.767 bits per heavy atom. The number of nitrogens with zero attached hydrogens (tertiary/aromatic N) is 1. The summed E-state index contributed by atoms with van der Waals surface area (Å²) in [5.74, 6) is -0.341. The number of allylic oxidation sites excluding steroid dienone is 2. The SMILES string of the molecule is CCCCCCCCCCCC=CCCCCCOP(=O)(O)C(CCC)[N+](C)(C)C. The molecule has 1 N–H and O–H groups in total. The molecule has 180 valence electrons. The molecule has 0 saturated heterocycles. The first-order valence-corrected chi connectivity index (χ1v) is 14.3. The zero-order chi connectivity index (χ0) is 22.7. The second-order valence-electron chi connectivity index (χ2n) is 9.72. The first-order valence-electron chi connectivity index (χ1n) is 12.7. The van der Waals surface area contributed by atoms with Crippen LogP contribution >= 0.6 is 7.60 Å². The lowest BCUT2D eigenvalue weighted by Gasteiger charge is -2.35. The number of quaternary nitrogens is 1. The van der Waals surface area contributed by atoms with Crippen molar-refractivity contribution >= 4 is 7.60 Å². The molecule has 0 fully saturated rings. The Balaban J connectivity index is 3.63. The lowest BCUT2D eigenvalue weighted by atomic mass is 10.1. The van der Waals surface area contributed by atoms with Crippen molar-refractivity contribution in [2.24, 2.45) is 0 Å². The van der Waals surface area contributed by atoms with Crippen molar-refractivity contribution < 1.29 is 18.5 Å². The summed E-state index contributed by atoms with van der Waals surface area (Å²) in [5, 5.41) is 0. The molecular formula is C25H53NO3P+. The summed E-state index contributed by atoms with van der Waals surface area (Å²) in [7, 11) is 2.33. The second-order valence-corrected chi connectivity index (χ2v) is 11.7. The molecule has 0 spiro atoms. The average Bonchev–Trinajstić information content (AvgIpc) is 2.67. The largest absolute Gasteiger partial charge is 0.385 e. The average molecular weight is 447 g/mol. The van der Waals surface area contributed by atoms with E-state index in [0.29, 0.717) is 17.5 Å². The molecule has 4 nitrogen and oxygen atoms in total. The highest BCUT2D eigenvalue weighted by Crippen LogP contribution is 2.51. The van der Waals surface area contributed by atoms with Crippen molar-refractivity contribution in [2.45, 2.75) is 122 Å². The molecule has 0 bridgehead atoms. The zero-order valence-electron chi connectivity index (χ0n) is 20.9. The number of unbranched alkanes of at least 4 members (excludes halogenated alkanes) is 12. The minimum atomic E-state index is -3.57. The molecule has 0 amide bonds. The maximum Gasteiger partial charge on any atom is 0.385 e. The molecule has 0 heterocycles. The first kappa shape index (κ1) is 29.9. The molecule has 0 aromatic heterocycles. The van der Waals surface area contributed by atoms with E-state index < -0.39 is 7.60 Å². The molecule has 30 heavy (non-hydrogen) atoms. The highest BCUT2D eigenvalue weighted by atomic mass is 31.2. The summed E-state index contributed by atoms with van der Waals surface area (Å²) in [4.78, 5) is 10.4. The van der Waals surface area contributed by atoms with Crippen LogP contribution in [0.3, 0.4) is 0 Å². The van der Waals surface area contributed by atoms with Gasteiger partial charge in [0.15, 0.2) is 5.78 Å². The van der Waals surface area contributed by atoms with E-state index in [2.05, 4.69) is 19.1 Å². The van der Waals surface area contributed by atoms with Gasteiger partial charge in [-0.05, 0) is 38.5 Å². The van der Waals surface area contributed by atoms with Gasteiger partial charge in [-0.3, -0.25) is 4.57 Å². The van der Waals surface area contributed by atoms with Crippen molar-refractivity contribution in [3.8, 4) is 0 Å². The van der Waals surface area contributed by atoms with E-state index in [0.717, 1.165) is 32.1 Å². The van der Waals surface area contributed by atoms with Crippen LogP contribution in [0, 0.1) is 0 Å². The van der Waals surface area contributed by atoms with E-state index in [9.17, 15) is 9.46 Å². The minimum Gasteiger partial charge on any atom is -0.320 e. The summed E-state index contributed by atoms with van der Waals surface area (Å²) >= 11 is 0. The fourth-order valence-corrected chi connectivity index (χ4v) is 5.90. The van der Waals surface area contributed by atoms with Crippen LogP contribution in [-0.2, 0) is 9.09 Å². The lowest BCUT2D eigenvalue weighted by molar-refractivity contribution is -0.883. The standard InChI is InChI=1S/C25H52NO3P/c1-6-8-9-10-11-12-13-14-15-16-17-18-19-20-21-22-24-29-30(27,28)25(23-7-2)26(3,4)5/h17-18,25H,6-16,19-24H2,1-5H3/p+1. The minimum absolute atomic E-state index is 0.341. The zero-order valence-corrected chi connectivity index (χ0v) is 21.8. The van der Waals surface area contributed by atoms with E-state index in [1.165, 1.54) is 64.2 Å². The van der Waals surface area contributed by atoms with Crippen LogP contribution in [0.25, 0.3) is 0 Å². The Hall–Kier alpha value is -0.150. The predicted octanol–water partition coefficient (Wildman–Crippen LogP) is 8.06. The van der Waals surface area contributed by atoms with E-state index >= 15 is 0 Å². The molecule has 0 radical (unpaired) electrons. The van der Waals surface area contributed by atoms with Gasteiger partial charge in [-0.1, -0.05) is 83.8 Å². The van der Waals surface area contributed by atoms with Crippen molar-refractivity contribution in [2.75, 3.05) is 27.7 Å². The smallest absolute Gasteiger partial charge is 0.320 e. The molecule has 0 aromatic carbocycles. The predicted molar refractivity (Wildman–Crippen MR) is 132 cm³/mol. The lowest BCUT2D eigenvalue weighted by Crippen LogP contribution is -2.45. The van der Waals surface area contributed by atoms with Crippen molar-refractivity contribution in [3.63, 3.8) is 0 Å². The molecule has 0 aliphatic rings. The molecule has 2 unspecified atom stereocenters.